The van der Waals surface area contributed by atoms with Crippen LogP contribution in [0.25, 0.3) is 0 Å². The molecule has 0 atom stereocenters. The van der Waals surface area contributed by atoms with Crippen molar-refractivity contribution in [2.24, 2.45) is 0 Å². The van der Waals surface area contributed by atoms with Gasteiger partial charge in [-0.05, 0) is 12.5 Å². The number of fused-ring (bicyclic) bond motifs is 1. The Labute approximate surface area is 143 Å². The van der Waals surface area contributed by atoms with E-state index in [2.05, 4.69) is 6.58 Å². The van der Waals surface area contributed by atoms with Gasteiger partial charge in [-0.3, -0.25) is 0 Å². The van der Waals surface area contributed by atoms with Crippen LogP contribution in [0.2, 0.25) is 0 Å². The van der Waals surface area contributed by atoms with Crippen LogP contribution in [0.5, 0.6) is 0 Å². The predicted octanol–water partition coefficient (Wildman–Crippen LogP) is 4.64. The highest BCUT2D eigenvalue weighted by Gasteiger charge is 2.33. The molecule has 24 heavy (non-hydrogen) atoms. The number of hydroxylamine groups is 1. The molecular formula is C18H17F2NO2S. The first kappa shape index (κ1) is 16.8. The van der Waals surface area contributed by atoms with Crippen molar-refractivity contribution in [3.8, 4) is 0 Å². The molecule has 0 fully saturated rings. The zero-order chi connectivity index (χ0) is 17.1. The maximum atomic E-state index is 13.7. The smallest absolute Gasteiger partial charge is 0.252 e. The molecule has 3 rings (SSSR count). The number of ether oxygens (including phenoxy) is 1. The van der Waals surface area contributed by atoms with Gasteiger partial charge in [-0.2, -0.15) is 4.74 Å². The molecule has 1 aliphatic heterocycles. The van der Waals surface area contributed by atoms with Gasteiger partial charge < -0.3 is 9.94 Å². The topological polar surface area (TPSA) is 35.3 Å². The van der Waals surface area contributed by atoms with E-state index in [1.807, 2.05) is 0 Å². The van der Waals surface area contributed by atoms with E-state index in [1.165, 1.54) is 23.9 Å². The van der Waals surface area contributed by atoms with Crippen LogP contribution in [0.1, 0.15) is 24.8 Å². The standard InChI is InChI=1S/C18H17F2NO2S/c1-2-9-23-16-8-4-7-15-13(16)10-17(21(15)22)24-11-12-5-3-6-14(19)18(12)20/h2-3,5-6,10H,1,4,7-9,11H2. The maximum absolute atomic E-state index is 13.7. The van der Waals surface area contributed by atoms with E-state index in [-0.39, 0.29) is 11.3 Å². The molecule has 0 unspecified atom stereocenters. The molecular weight excluding hydrogens is 332 g/mol. The van der Waals surface area contributed by atoms with Crippen LogP contribution in [-0.4, -0.2) is 17.1 Å². The van der Waals surface area contributed by atoms with E-state index in [1.54, 1.807) is 12.2 Å². The van der Waals surface area contributed by atoms with Crippen LogP contribution in [0, 0.1) is 16.8 Å². The molecule has 0 spiro atoms. The lowest BCUT2D eigenvalue weighted by molar-refractivity contribution is -0.384. The Kier molecular flexibility index (Phi) is 5.04. The summed E-state index contributed by atoms with van der Waals surface area (Å²) in [4.78, 5) is 0. The van der Waals surface area contributed by atoms with Gasteiger partial charge in [0.25, 0.3) is 5.03 Å². The minimum absolute atomic E-state index is 0.192. The van der Waals surface area contributed by atoms with Gasteiger partial charge in [0.2, 0.25) is 5.71 Å². The number of nitrogens with zero attached hydrogens (tertiary/aromatic N) is 1. The van der Waals surface area contributed by atoms with E-state index in [0.29, 0.717) is 23.8 Å². The first-order valence-electron chi connectivity index (χ1n) is 7.69. The molecule has 0 radical (unpaired) electrons. The van der Waals surface area contributed by atoms with Crippen molar-refractivity contribution in [3.63, 3.8) is 0 Å². The fourth-order valence-electron chi connectivity index (χ4n) is 2.76. The second kappa shape index (κ2) is 7.21. The van der Waals surface area contributed by atoms with Gasteiger partial charge >= 0.3 is 0 Å². The minimum Gasteiger partial charge on any atom is -0.618 e. The molecule has 0 saturated heterocycles. The van der Waals surface area contributed by atoms with E-state index in [9.17, 15) is 14.0 Å². The van der Waals surface area contributed by atoms with Crippen LogP contribution in [0.3, 0.4) is 0 Å². The summed E-state index contributed by atoms with van der Waals surface area (Å²) in [5.74, 6) is -0.749. The van der Waals surface area contributed by atoms with Crippen molar-refractivity contribution in [1.82, 2.24) is 0 Å². The monoisotopic (exact) mass is 349 g/mol. The summed E-state index contributed by atoms with van der Waals surface area (Å²) in [6, 6.07) is 4.06. The summed E-state index contributed by atoms with van der Waals surface area (Å²) in [6.45, 7) is 4.03. The molecule has 0 saturated carbocycles. The molecule has 1 heterocycles. The number of halogens is 2. The summed E-state index contributed by atoms with van der Waals surface area (Å²) in [7, 11) is 0. The highest BCUT2D eigenvalue weighted by molar-refractivity contribution is 8.02. The van der Waals surface area contributed by atoms with Gasteiger partial charge in [0.05, 0.1) is 5.57 Å². The third-order valence-electron chi connectivity index (χ3n) is 3.92. The Bertz CT molecular complexity index is 768. The lowest BCUT2D eigenvalue weighted by atomic mass is 9.96. The van der Waals surface area contributed by atoms with Gasteiger partial charge in [-0.1, -0.05) is 36.5 Å². The molecule has 2 aliphatic rings. The zero-order valence-electron chi connectivity index (χ0n) is 13.1. The van der Waals surface area contributed by atoms with Crippen LogP contribution in [0.15, 0.2) is 53.3 Å². The first-order valence-corrected chi connectivity index (χ1v) is 8.68. The molecule has 6 heteroatoms. The molecule has 1 aromatic carbocycles. The molecule has 0 bridgehead atoms. The predicted molar refractivity (Wildman–Crippen MR) is 91.4 cm³/mol. The number of allylic oxidation sites excluding steroid dienone is 3. The second-order valence-electron chi connectivity index (χ2n) is 5.52. The lowest BCUT2D eigenvalue weighted by Crippen LogP contribution is -2.16. The number of hydrogen-bond donors (Lipinski definition) is 0. The Hall–Kier alpha value is -2.08. The molecule has 126 valence electrons. The fraction of sp³-hybridized carbons (Fsp3) is 0.278. The van der Waals surface area contributed by atoms with Crippen LogP contribution < -0.4 is 0 Å². The molecule has 0 N–H and O–H groups in total. The molecule has 0 aromatic heterocycles. The highest BCUT2D eigenvalue weighted by atomic mass is 32.2. The zero-order valence-corrected chi connectivity index (χ0v) is 13.9. The van der Waals surface area contributed by atoms with Crippen molar-refractivity contribution in [1.29, 1.82) is 0 Å². The van der Waals surface area contributed by atoms with E-state index in [0.717, 1.165) is 35.0 Å². The number of benzene rings is 1. The van der Waals surface area contributed by atoms with Crippen molar-refractivity contribution >= 4 is 17.5 Å². The van der Waals surface area contributed by atoms with Gasteiger partial charge in [0.15, 0.2) is 11.6 Å². The Balaban J connectivity index is 1.80. The fourth-order valence-corrected chi connectivity index (χ4v) is 3.71. The normalized spacial score (nSPS) is 17.0. The first-order chi connectivity index (χ1) is 11.6. The summed E-state index contributed by atoms with van der Waals surface area (Å²) in [5.41, 5.74) is 1.74. The van der Waals surface area contributed by atoms with Gasteiger partial charge in [-0.25, -0.2) is 8.78 Å². The summed E-state index contributed by atoms with van der Waals surface area (Å²) >= 11 is 1.20. The largest absolute Gasteiger partial charge is 0.618 e. The molecule has 1 aromatic rings. The Morgan fingerprint density at radius 3 is 2.96 bits per heavy atom. The van der Waals surface area contributed by atoms with Gasteiger partial charge in [0.1, 0.15) is 12.4 Å². The Morgan fingerprint density at radius 2 is 2.17 bits per heavy atom. The quantitative estimate of drug-likeness (QED) is 0.426. The van der Waals surface area contributed by atoms with Crippen molar-refractivity contribution < 1.29 is 18.3 Å². The average Bonchev–Trinajstić information content (AvgIpc) is 2.91. The van der Waals surface area contributed by atoms with Crippen molar-refractivity contribution in [3.05, 3.63) is 75.7 Å². The highest BCUT2D eigenvalue weighted by Crippen LogP contribution is 2.35. The van der Waals surface area contributed by atoms with Crippen LogP contribution in [-0.2, 0) is 10.5 Å². The minimum atomic E-state index is -0.877. The van der Waals surface area contributed by atoms with E-state index >= 15 is 0 Å². The summed E-state index contributed by atoms with van der Waals surface area (Å²) in [5, 5.41) is 12.9. The molecule has 0 amide bonds. The summed E-state index contributed by atoms with van der Waals surface area (Å²) in [6.07, 6.45) is 5.77. The lowest BCUT2D eigenvalue weighted by Gasteiger charge is -2.16. The van der Waals surface area contributed by atoms with Crippen LogP contribution >= 0.6 is 11.8 Å². The van der Waals surface area contributed by atoms with E-state index < -0.39 is 11.6 Å². The van der Waals surface area contributed by atoms with Crippen LogP contribution in [0.4, 0.5) is 8.78 Å². The number of rotatable bonds is 6. The molecule has 3 nitrogen and oxygen atoms in total. The Morgan fingerprint density at radius 1 is 1.33 bits per heavy atom. The van der Waals surface area contributed by atoms with Crippen molar-refractivity contribution in [2.75, 3.05) is 6.61 Å². The van der Waals surface area contributed by atoms with Gasteiger partial charge in [-0.15, -0.1) is 0 Å². The second-order valence-corrected chi connectivity index (χ2v) is 6.51. The molecule has 1 aliphatic carbocycles. The SMILES string of the molecule is C=CCOC1=C2C=C(SCc3cccc(F)c3F)[N+]([O-])=C2CCC1. The summed E-state index contributed by atoms with van der Waals surface area (Å²) < 4.78 is 33.5. The van der Waals surface area contributed by atoms with Gasteiger partial charge in [0, 0.05) is 30.2 Å². The van der Waals surface area contributed by atoms with Crippen molar-refractivity contribution in [2.45, 2.75) is 25.0 Å². The maximum Gasteiger partial charge on any atom is 0.252 e. The third kappa shape index (κ3) is 3.24. The number of thioether (sulfide) groups is 1. The average molecular weight is 349 g/mol. The van der Waals surface area contributed by atoms with E-state index in [4.69, 9.17) is 4.74 Å². The number of hydrogen-bond acceptors (Lipinski definition) is 3. The third-order valence-corrected chi connectivity index (χ3v) is 4.96.